The molecule has 36 heavy (non-hydrogen) atoms. The number of urea groups is 1. The van der Waals surface area contributed by atoms with Gasteiger partial charge < -0.3 is 20.1 Å². The summed E-state index contributed by atoms with van der Waals surface area (Å²) in [4.78, 5) is 25.1. The van der Waals surface area contributed by atoms with Crippen LogP contribution in [0.1, 0.15) is 33.2 Å². The Kier molecular flexibility index (Phi) is 7.59. The molecule has 0 saturated heterocycles. The number of benzene rings is 4. The molecule has 178 valence electrons. The smallest absolute Gasteiger partial charge is 0.341 e. The van der Waals surface area contributed by atoms with Crippen LogP contribution in [0.3, 0.4) is 0 Å². The molecule has 4 rings (SSSR count). The molecule has 0 aliphatic heterocycles. The van der Waals surface area contributed by atoms with Gasteiger partial charge in [-0.3, -0.25) is 0 Å². The van der Waals surface area contributed by atoms with Gasteiger partial charge in [0.2, 0.25) is 0 Å². The van der Waals surface area contributed by atoms with Gasteiger partial charge in [0.05, 0.1) is 18.7 Å². The molecule has 7 heteroatoms. The number of nitriles is 1. The van der Waals surface area contributed by atoms with E-state index in [1.54, 1.807) is 36.4 Å². The summed E-state index contributed by atoms with van der Waals surface area (Å²) < 4.78 is 11.3. The zero-order valence-corrected chi connectivity index (χ0v) is 19.5. The van der Waals surface area contributed by atoms with E-state index in [1.165, 1.54) is 13.2 Å². The highest BCUT2D eigenvalue weighted by Crippen LogP contribution is 2.32. The Morgan fingerprint density at radius 3 is 1.89 bits per heavy atom. The largest absolute Gasteiger partial charge is 0.480 e. The Hall–Kier alpha value is -5.09. The van der Waals surface area contributed by atoms with Crippen LogP contribution in [0, 0.1) is 11.3 Å². The fourth-order valence-corrected chi connectivity index (χ4v) is 3.61. The van der Waals surface area contributed by atoms with E-state index < -0.39 is 18.1 Å². The summed E-state index contributed by atoms with van der Waals surface area (Å²) in [6.45, 7) is 0. The van der Waals surface area contributed by atoms with Gasteiger partial charge in [-0.2, -0.15) is 5.26 Å². The van der Waals surface area contributed by atoms with Gasteiger partial charge in [-0.15, -0.1) is 0 Å². The quantitative estimate of drug-likeness (QED) is 0.311. The van der Waals surface area contributed by atoms with Gasteiger partial charge in [0.15, 0.2) is 0 Å². The van der Waals surface area contributed by atoms with Crippen molar-refractivity contribution < 1.29 is 19.1 Å². The first kappa shape index (κ1) is 24.0. The molecule has 2 amide bonds. The van der Waals surface area contributed by atoms with Crippen molar-refractivity contribution in [1.29, 1.82) is 5.26 Å². The Bertz CT molecular complexity index is 1340. The van der Waals surface area contributed by atoms with Crippen LogP contribution in [-0.4, -0.2) is 19.1 Å². The molecule has 2 N–H and O–H groups in total. The fourth-order valence-electron chi connectivity index (χ4n) is 3.61. The summed E-state index contributed by atoms with van der Waals surface area (Å²) in [6, 6.07) is 32.1. The third-order valence-corrected chi connectivity index (χ3v) is 5.36. The number of ether oxygens (including phenoxy) is 2. The standard InChI is InChI=1S/C29H23N3O4/c1-35-28(33)25-18-24(32-29(34)31-23-14-12-20(19-30)13-15-23)16-17-26(25)36-27(21-8-4-2-5-9-21)22-10-6-3-7-11-22/h2-18,27H,1H3,(H2,31,32,34). The molecule has 0 bridgehead atoms. The number of hydrogen-bond donors (Lipinski definition) is 2. The van der Waals surface area contributed by atoms with Crippen LogP contribution < -0.4 is 15.4 Å². The summed E-state index contributed by atoms with van der Waals surface area (Å²) in [6.07, 6.45) is -0.464. The second kappa shape index (κ2) is 11.4. The molecule has 0 radical (unpaired) electrons. The van der Waals surface area contributed by atoms with Crippen molar-refractivity contribution >= 4 is 23.4 Å². The molecule has 0 fully saturated rings. The molecule has 4 aromatic carbocycles. The number of esters is 1. The topological polar surface area (TPSA) is 100 Å². The normalized spacial score (nSPS) is 10.2. The molecule has 0 unspecified atom stereocenters. The molecule has 0 aliphatic rings. The van der Waals surface area contributed by atoms with Crippen LogP contribution in [0.15, 0.2) is 103 Å². The SMILES string of the molecule is COC(=O)c1cc(NC(=O)Nc2ccc(C#N)cc2)ccc1OC(c1ccccc1)c1ccccc1. The maximum atomic E-state index is 12.6. The number of methoxy groups -OCH3 is 1. The first-order valence-electron chi connectivity index (χ1n) is 11.1. The van der Waals surface area contributed by atoms with Crippen molar-refractivity contribution in [2.45, 2.75) is 6.10 Å². The Morgan fingerprint density at radius 2 is 1.33 bits per heavy atom. The van der Waals surface area contributed by atoms with E-state index in [2.05, 4.69) is 10.6 Å². The first-order chi connectivity index (χ1) is 17.6. The number of carbonyl (C=O) groups is 2. The van der Waals surface area contributed by atoms with E-state index in [-0.39, 0.29) is 5.56 Å². The number of nitrogens with zero attached hydrogens (tertiary/aromatic N) is 1. The van der Waals surface area contributed by atoms with Crippen molar-refractivity contribution in [3.8, 4) is 11.8 Å². The molecule has 7 nitrogen and oxygen atoms in total. The number of rotatable bonds is 7. The number of amides is 2. The zero-order valence-electron chi connectivity index (χ0n) is 19.5. The van der Waals surface area contributed by atoms with Crippen molar-refractivity contribution in [1.82, 2.24) is 0 Å². The van der Waals surface area contributed by atoms with Gasteiger partial charge in [0, 0.05) is 11.4 Å². The van der Waals surface area contributed by atoms with Crippen molar-refractivity contribution in [3.05, 3.63) is 125 Å². The lowest BCUT2D eigenvalue weighted by Gasteiger charge is -2.22. The van der Waals surface area contributed by atoms with Gasteiger partial charge in [0.25, 0.3) is 0 Å². The third-order valence-electron chi connectivity index (χ3n) is 5.36. The summed E-state index contributed by atoms with van der Waals surface area (Å²) in [5.41, 5.74) is 3.40. The van der Waals surface area contributed by atoms with Gasteiger partial charge in [0.1, 0.15) is 17.4 Å². The summed E-state index contributed by atoms with van der Waals surface area (Å²) in [7, 11) is 1.29. The minimum Gasteiger partial charge on any atom is -0.480 e. The predicted molar refractivity (Wildman–Crippen MR) is 137 cm³/mol. The summed E-state index contributed by atoms with van der Waals surface area (Å²) in [5.74, 6) is -0.279. The molecule has 0 saturated carbocycles. The maximum Gasteiger partial charge on any atom is 0.341 e. The Labute approximate surface area is 208 Å². The lowest BCUT2D eigenvalue weighted by Crippen LogP contribution is -2.20. The highest BCUT2D eigenvalue weighted by atomic mass is 16.5. The van der Waals surface area contributed by atoms with Gasteiger partial charge in [-0.1, -0.05) is 60.7 Å². The van der Waals surface area contributed by atoms with Crippen LogP contribution in [0.5, 0.6) is 5.75 Å². The molecule has 0 atom stereocenters. The highest BCUT2D eigenvalue weighted by Gasteiger charge is 2.21. The molecule has 0 spiro atoms. The average molecular weight is 478 g/mol. The fraction of sp³-hybridized carbons (Fsp3) is 0.0690. The maximum absolute atomic E-state index is 12.6. The number of anilines is 2. The second-order valence-electron chi connectivity index (χ2n) is 7.79. The van der Waals surface area contributed by atoms with Crippen LogP contribution in [0.25, 0.3) is 0 Å². The van der Waals surface area contributed by atoms with Crippen LogP contribution in [0.4, 0.5) is 16.2 Å². The lowest BCUT2D eigenvalue weighted by atomic mass is 10.0. The average Bonchev–Trinajstić information content (AvgIpc) is 2.93. The van der Waals surface area contributed by atoms with Gasteiger partial charge in [-0.25, -0.2) is 9.59 Å². The van der Waals surface area contributed by atoms with Crippen molar-refractivity contribution in [3.63, 3.8) is 0 Å². The molecule has 0 heterocycles. The van der Waals surface area contributed by atoms with E-state index in [0.29, 0.717) is 22.7 Å². The second-order valence-corrected chi connectivity index (χ2v) is 7.79. The van der Waals surface area contributed by atoms with Crippen LogP contribution in [-0.2, 0) is 4.74 Å². The monoisotopic (exact) mass is 477 g/mol. The number of nitrogens with one attached hydrogen (secondary N) is 2. The molecule has 0 aromatic heterocycles. The summed E-state index contributed by atoms with van der Waals surface area (Å²) >= 11 is 0. The van der Waals surface area contributed by atoms with Crippen molar-refractivity contribution in [2.24, 2.45) is 0 Å². The van der Waals surface area contributed by atoms with Gasteiger partial charge >= 0.3 is 12.0 Å². The predicted octanol–water partition coefficient (Wildman–Crippen LogP) is 6.16. The third kappa shape index (κ3) is 5.88. The van der Waals surface area contributed by atoms with E-state index >= 15 is 0 Å². The Morgan fingerprint density at radius 1 is 0.778 bits per heavy atom. The molecule has 4 aromatic rings. The molecule has 0 aliphatic carbocycles. The van der Waals surface area contributed by atoms with Gasteiger partial charge in [-0.05, 0) is 53.6 Å². The van der Waals surface area contributed by atoms with Crippen molar-refractivity contribution in [2.75, 3.05) is 17.7 Å². The zero-order chi connectivity index (χ0) is 25.3. The molecular weight excluding hydrogens is 454 g/mol. The Balaban J connectivity index is 1.58. The highest BCUT2D eigenvalue weighted by molar-refractivity contribution is 6.01. The summed E-state index contributed by atoms with van der Waals surface area (Å²) in [5, 5.41) is 14.3. The van der Waals surface area contributed by atoms with Crippen LogP contribution >= 0.6 is 0 Å². The first-order valence-corrected chi connectivity index (χ1v) is 11.1. The van der Waals surface area contributed by atoms with E-state index in [4.69, 9.17) is 14.7 Å². The van der Waals surface area contributed by atoms with E-state index in [9.17, 15) is 9.59 Å². The number of carbonyl (C=O) groups excluding carboxylic acids is 2. The number of hydrogen-bond acceptors (Lipinski definition) is 5. The van der Waals surface area contributed by atoms with Crippen LogP contribution in [0.2, 0.25) is 0 Å². The lowest BCUT2D eigenvalue weighted by molar-refractivity contribution is 0.0594. The van der Waals surface area contributed by atoms with E-state index in [0.717, 1.165) is 11.1 Å². The minimum atomic E-state index is -0.596. The molecular formula is C29H23N3O4. The minimum absolute atomic E-state index is 0.172. The van der Waals surface area contributed by atoms with E-state index in [1.807, 2.05) is 66.7 Å².